The molecule has 0 atom stereocenters. The van der Waals surface area contributed by atoms with Gasteiger partial charge in [-0.25, -0.2) is 9.37 Å². The van der Waals surface area contributed by atoms with Gasteiger partial charge in [0.05, 0.1) is 16.7 Å². The summed E-state index contributed by atoms with van der Waals surface area (Å²) in [6.45, 7) is 1.90. The summed E-state index contributed by atoms with van der Waals surface area (Å²) in [4.78, 5) is 4.65. The second kappa shape index (κ2) is 5.78. The van der Waals surface area contributed by atoms with Crippen molar-refractivity contribution in [1.29, 1.82) is 0 Å². The summed E-state index contributed by atoms with van der Waals surface area (Å²) in [6.07, 6.45) is 0.657. The highest BCUT2D eigenvalue weighted by Gasteiger charge is 2.14. The van der Waals surface area contributed by atoms with Gasteiger partial charge in [0.15, 0.2) is 0 Å². The third kappa shape index (κ3) is 2.70. The van der Waals surface area contributed by atoms with E-state index in [0.717, 1.165) is 32.6 Å². The van der Waals surface area contributed by atoms with E-state index < -0.39 is 0 Å². The summed E-state index contributed by atoms with van der Waals surface area (Å²) in [7, 11) is 0. The molecule has 0 fully saturated rings. The van der Waals surface area contributed by atoms with Crippen LogP contribution in [0, 0.1) is 12.7 Å². The van der Waals surface area contributed by atoms with Gasteiger partial charge < -0.3 is 0 Å². The van der Waals surface area contributed by atoms with Crippen molar-refractivity contribution in [2.24, 2.45) is 0 Å². The van der Waals surface area contributed by atoms with Crippen molar-refractivity contribution in [2.45, 2.75) is 13.3 Å². The largest absolute Gasteiger partial charge is 0.296 e. The van der Waals surface area contributed by atoms with Crippen LogP contribution in [-0.4, -0.2) is 15.4 Å². The molecule has 0 bridgehead atoms. The number of aryl methyl sites for hydroxylation is 2. The molecule has 0 amide bonds. The summed E-state index contributed by atoms with van der Waals surface area (Å²) >= 11 is 9.39. The highest BCUT2D eigenvalue weighted by molar-refractivity contribution is 9.10. The second-order valence-corrected chi connectivity index (χ2v) is 6.16. The molecular formula is C16H13BrClFN2. The molecule has 0 radical (unpaired) electrons. The number of nitrogens with zero attached hydrogens (tertiary/aromatic N) is 2. The molecule has 0 aliphatic heterocycles. The van der Waals surface area contributed by atoms with Crippen LogP contribution in [0.15, 0.2) is 40.9 Å². The topological polar surface area (TPSA) is 17.8 Å². The lowest BCUT2D eigenvalue weighted by Crippen LogP contribution is -2.04. The highest BCUT2D eigenvalue weighted by atomic mass is 79.9. The first kappa shape index (κ1) is 14.5. The van der Waals surface area contributed by atoms with Crippen molar-refractivity contribution in [3.63, 3.8) is 0 Å². The number of fused-ring (bicyclic) bond motifs is 1. The molecule has 0 N–H and O–H groups in total. The minimum Gasteiger partial charge on any atom is -0.296 e. The van der Waals surface area contributed by atoms with Crippen molar-refractivity contribution >= 4 is 38.6 Å². The van der Waals surface area contributed by atoms with Crippen molar-refractivity contribution in [1.82, 2.24) is 9.55 Å². The van der Waals surface area contributed by atoms with E-state index in [4.69, 9.17) is 11.6 Å². The fourth-order valence-electron chi connectivity index (χ4n) is 2.49. The normalized spacial score (nSPS) is 11.2. The summed E-state index contributed by atoms with van der Waals surface area (Å²) in [5.74, 6) is 1.14. The first-order valence-electron chi connectivity index (χ1n) is 6.59. The lowest BCUT2D eigenvalue weighted by atomic mass is 10.2. The van der Waals surface area contributed by atoms with Crippen LogP contribution in [-0.2, 0) is 6.42 Å². The molecule has 0 aliphatic rings. The van der Waals surface area contributed by atoms with Crippen LogP contribution in [0.3, 0.4) is 0 Å². The average Bonchev–Trinajstić information content (AvgIpc) is 2.77. The van der Waals surface area contributed by atoms with Crippen LogP contribution in [0.2, 0.25) is 0 Å². The molecule has 1 aromatic heterocycles. The van der Waals surface area contributed by atoms with Gasteiger partial charge in [-0.3, -0.25) is 4.57 Å². The molecule has 0 aliphatic carbocycles. The van der Waals surface area contributed by atoms with Crippen LogP contribution >= 0.6 is 27.5 Å². The maximum absolute atomic E-state index is 13.4. The van der Waals surface area contributed by atoms with Gasteiger partial charge in [-0.2, -0.15) is 0 Å². The third-order valence-electron chi connectivity index (χ3n) is 3.40. The molecule has 5 heteroatoms. The molecule has 0 saturated carbocycles. The van der Waals surface area contributed by atoms with Gasteiger partial charge in [-0.15, -0.1) is 11.6 Å². The first-order chi connectivity index (χ1) is 10.1. The quantitative estimate of drug-likeness (QED) is 0.595. The minimum absolute atomic E-state index is 0.235. The summed E-state index contributed by atoms with van der Waals surface area (Å²) < 4.78 is 16.4. The molecule has 3 rings (SSSR count). The van der Waals surface area contributed by atoms with Gasteiger partial charge >= 0.3 is 0 Å². The highest BCUT2D eigenvalue weighted by Crippen LogP contribution is 2.27. The molecule has 0 unspecified atom stereocenters. The maximum Gasteiger partial charge on any atom is 0.123 e. The minimum atomic E-state index is -0.235. The number of benzene rings is 2. The molecule has 3 aromatic rings. The van der Waals surface area contributed by atoms with Gasteiger partial charge in [0, 0.05) is 16.8 Å². The predicted octanol–water partition coefficient (Wildman–Crippen LogP) is 5.02. The predicted molar refractivity (Wildman–Crippen MR) is 87.9 cm³/mol. The van der Waals surface area contributed by atoms with Crippen molar-refractivity contribution in [3.8, 4) is 5.69 Å². The molecule has 21 heavy (non-hydrogen) atoms. The Balaban J connectivity index is 2.32. The Morgan fingerprint density at radius 2 is 2.05 bits per heavy atom. The maximum atomic E-state index is 13.4. The standard InChI is InChI=1S/C16H13BrClFN2/c1-10-8-12(19)3-5-14(10)21-15-9-11(17)2-4-13(15)20-16(21)6-7-18/h2-5,8-9H,6-7H2,1H3. The molecule has 108 valence electrons. The monoisotopic (exact) mass is 366 g/mol. The number of aromatic nitrogens is 2. The zero-order valence-corrected chi connectivity index (χ0v) is 13.7. The van der Waals surface area contributed by atoms with Crippen LogP contribution in [0.25, 0.3) is 16.7 Å². The average molecular weight is 368 g/mol. The lowest BCUT2D eigenvalue weighted by Gasteiger charge is -2.12. The molecule has 0 spiro atoms. The van der Waals surface area contributed by atoms with E-state index in [1.54, 1.807) is 6.07 Å². The van der Waals surface area contributed by atoms with E-state index in [9.17, 15) is 4.39 Å². The van der Waals surface area contributed by atoms with Gasteiger partial charge in [0.25, 0.3) is 0 Å². The Bertz CT molecular complexity index is 813. The fourth-order valence-corrected chi connectivity index (χ4v) is 3.01. The number of hydrogen-bond acceptors (Lipinski definition) is 1. The smallest absolute Gasteiger partial charge is 0.123 e. The van der Waals surface area contributed by atoms with E-state index in [-0.39, 0.29) is 5.82 Å². The Labute approximate surface area is 135 Å². The number of rotatable bonds is 3. The van der Waals surface area contributed by atoms with Crippen molar-refractivity contribution < 1.29 is 4.39 Å². The Morgan fingerprint density at radius 3 is 2.76 bits per heavy atom. The van der Waals surface area contributed by atoms with Gasteiger partial charge in [0.1, 0.15) is 11.6 Å². The number of imidazole rings is 1. The number of halogens is 3. The van der Waals surface area contributed by atoms with Gasteiger partial charge in [-0.1, -0.05) is 15.9 Å². The lowest BCUT2D eigenvalue weighted by molar-refractivity contribution is 0.626. The zero-order valence-electron chi connectivity index (χ0n) is 11.4. The molecule has 2 aromatic carbocycles. The van der Waals surface area contributed by atoms with E-state index in [2.05, 4.69) is 25.5 Å². The molecule has 0 saturated heterocycles. The van der Waals surface area contributed by atoms with E-state index in [1.165, 1.54) is 12.1 Å². The Hall–Kier alpha value is -1.39. The zero-order chi connectivity index (χ0) is 15.0. The van der Waals surface area contributed by atoms with Gasteiger partial charge in [-0.05, 0) is 48.9 Å². The fraction of sp³-hybridized carbons (Fsp3) is 0.188. The van der Waals surface area contributed by atoms with E-state index >= 15 is 0 Å². The number of hydrogen-bond donors (Lipinski definition) is 0. The first-order valence-corrected chi connectivity index (χ1v) is 7.92. The molecule has 2 nitrogen and oxygen atoms in total. The molecular weight excluding hydrogens is 355 g/mol. The van der Waals surface area contributed by atoms with Crippen molar-refractivity contribution in [2.75, 3.05) is 5.88 Å². The second-order valence-electron chi connectivity index (χ2n) is 4.87. The van der Waals surface area contributed by atoms with Crippen LogP contribution in [0.1, 0.15) is 11.4 Å². The van der Waals surface area contributed by atoms with Crippen LogP contribution < -0.4 is 0 Å². The summed E-state index contributed by atoms with van der Waals surface area (Å²) in [5.41, 5.74) is 3.68. The van der Waals surface area contributed by atoms with Crippen LogP contribution in [0.4, 0.5) is 4.39 Å². The van der Waals surface area contributed by atoms with E-state index in [0.29, 0.717) is 12.3 Å². The number of alkyl halides is 1. The third-order valence-corrected chi connectivity index (χ3v) is 4.09. The summed E-state index contributed by atoms with van der Waals surface area (Å²) in [5, 5.41) is 0. The Kier molecular flexibility index (Phi) is 4.00. The SMILES string of the molecule is Cc1cc(F)ccc1-n1c(CCCl)nc2ccc(Br)cc21. The van der Waals surface area contributed by atoms with Gasteiger partial charge in [0.2, 0.25) is 0 Å². The van der Waals surface area contributed by atoms with Crippen LogP contribution in [0.5, 0.6) is 0 Å². The van der Waals surface area contributed by atoms with E-state index in [1.807, 2.05) is 25.1 Å². The molecule has 1 heterocycles. The Morgan fingerprint density at radius 1 is 1.24 bits per heavy atom. The summed E-state index contributed by atoms with van der Waals surface area (Å²) in [6, 6.07) is 10.7. The van der Waals surface area contributed by atoms with Crippen molar-refractivity contribution in [3.05, 3.63) is 58.1 Å².